The number of aryl methyl sites for hydroxylation is 1. The molecule has 6 nitrogen and oxygen atoms in total. The number of hydrogen-bond donors (Lipinski definition) is 1. The lowest BCUT2D eigenvalue weighted by Gasteiger charge is -2.25. The summed E-state index contributed by atoms with van der Waals surface area (Å²) < 4.78 is 43.7. The molecule has 0 aliphatic rings. The first kappa shape index (κ1) is 22.0. The van der Waals surface area contributed by atoms with Crippen molar-refractivity contribution in [3.05, 3.63) is 83.5 Å². The Morgan fingerprint density at radius 1 is 0.912 bits per heavy atom. The number of benzene rings is 1. The number of hydrogen-bond acceptors (Lipinski definition) is 6. The van der Waals surface area contributed by atoms with Crippen molar-refractivity contribution in [3.8, 4) is 11.3 Å². The SMILES string of the molecule is Cc1ncccc1-c1nc2c(Cl)cccc2cc1[C@@H](Nc1ncnc2cccnc12)C(F)(F)F. The van der Waals surface area contributed by atoms with E-state index in [4.69, 9.17) is 11.6 Å². The van der Waals surface area contributed by atoms with Crippen LogP contribution in [-0.4, -0.2) is 31.1 Å². The summed E-state index contributed by atoms with van der Waals surface area (Å²) in [5, 5.41) is 3.38. The van der Waals surface area contributed by atoms with Crippen LogP contribution >= 0.6 is 11.6 Å². The first-order valence-electron chi connectivity index (χ1n) is 10.2. The zero-order chi connectivity index (χ0) is 23.9. The van der Waals surface area contributed by atoms with Gasteiger partial charge in [0.15, 0.2) is 11.9 Å². The highest BCUT2D eigenvalue weighted by Crippen LogP contribution is 2.42. The molecule has 0 saturated carbocycles. The molecule has 1 N–H and O–H groups in total. The zero-order valence-electron chi connectivity index (χ0n) is 17.7. The minimum Gasteiger partial charge on any atom is -0.353 e. The molecule has 0 saturated heterocycles. The molecule has 0 aliphatic carbocycles. The standard InChI is InChI=1S/C24H16ClF3N6/c1-13-15(6-3-9-29-13)20-16(11-14-5-2-7-17(25)19(14)33-20)22(24(26,27)28)34-23-21-18(31-12-32-23)8-4-10-30-21/h2-12,22H,1H3,(H,31,32,34)/t22-/m1/s1. The second-order valence-electron chi connectivity index (χ2n) is 7.59. The third-order valence-corrected chi connectivity index (χ3v) is 5.71. The van der Waals surface area contributed by atoms with Gasteiger partial charge in [-0.2, -0.15) is 13.2 Å². The summed E-state index contributed by atoms with van der Waals surface area (Å²) in [6.45, 7) is 1.72. The summed E-state index contributed by atoms with van der Waals surface area (Å²) in [6, 6.07) is 11.0. The fourth-order valence-corrected chi connectivity index (χ4v) is 4.04. The number of nitrogens with zero attached hydrogens (tertiary/aromatic N) is 5. The topological polar surface area (TPSA) is 76.5 Å². The van der Waals surface area contributed by atoms with Gasteiger partial charge in [-0.3, -0.25) is 9.97 Å². The van der Waals surface area contributed by atoms with E-state index in [1.807, 2.05) is 0 Å². The maximum atomic E-state index is 14.6. The van der Waals surface area contributed by atoms with Crippen LogP contribution in [0.1, 0.15) is 17.3 Å². The van der Waals surface area contributed by atoms with Crippen LogP contribution in [0.15, 0.2) is 67.3 Å². The van der Waals surface area contributed by atoms with Gasteiger partial charge in [0, 0.05) is 34.6 Å². The predicted octanol–water partition coefficient (Wildman–Crippen LogP) is 6.31. The molecule has 0 aliphatic heterocycles. The zero-order valence-corrected chi connectivity index (χ0v) is 18.4. The number of nitrogens with one attached hydrogen (secondary N) is 1. The number of pyridine rings is 3. The number of anilines is 1. The number of fused-ring (bicyclic) bond motifs is 2. The Morgan fingerprint density at radius 3 is 2.50 bits per heavy atom. The highest BCUT2D eigenvalue weighted by Gasteiger charge is 2.43. The Balaban J connectivity index is 1.77. The average molecular weight is 481 g/mol. The third-order valence-electron chi connectivity index (χ3n) is 5.40. The van der Waals surface area contributed by atoms with E-state index in [0.29, 0.717) is 32.7 Å². The largest absolute Gasteiger partial charge is 0.412 e. The lowest BCUT2D eigenvalue weighted by molar-refractivity contribution is -0.143. The summed E-state index contributed by atoms with van der Waals surface area (Å²) in [7, 11) is 0. The smallest absolute Gasteiger partial charge is 0.353 e. The lowest BCUT2D eigenvalue weighted by Crippen LogP contribution is -2.29. The number of aromatic nitrogens is 5. The number of rotatable bonds is 4. The number of alkyl halides is 3. The Morgan fingerprint density at radius 2 is 1.71 bits per heavy atom. The molecule has 4 aromatic heterocycles. The van der Waals surface area contributed by atoms with Crippen LogP contribution in [-0.2, 0) is 0 Å². The van der Waals surface area contributed by atoms with E-state index < -0.39 is 12.2 Å². The molecule has 0 amide bonds. The number of para-hydroxylation sites is 1. The Labute approximate surface area is 196 Å². The van der Waals surface area contributed by atoms with Crippen LogP contribution in [0.25, 0.3) is 33.2 Å². The molecule has 0 fully saturated rings. The highest BCUT2D eigenvalue weighted by molar-refractivity contribution is 6.35. The molecule has 0 radical (unpaired) electrons. The number of halogens is 4. The molecule has 5 rings (SSSR count). The summed E-state index contributed by atoms with van der Waals surface area (Å²) in [5.41, 5.74) is 2.12. The van der Waals surface area contributed by atoms with Crippen LogP contribution in [0.5, 0.6) is 0 Å². The maximum absolute atomic E-state index is 14.6. The van der Waals surface area contributed by atoms with Gasteiger partial charge in [0.05, 0.1) is 21.7 Å². The molecular weight excluding hydrogens is 465 g/mol. The summed E-state index contributed by atoms with van der Waals surface area (Å²) in [5.74, 6) is -0.0343. The van der Waals surface area contributed by atoms with E-state index >= 15 is 0 Å². The third kappa shape index (κ3) is 3.99. The van der Waals surface area contributed by atoms with Crippen LogP contribution in [0.4, 0.5) is 19.0 Å². The molecule has 0 unspecified atom stereocenters. The minimum atomic E-state index is -4.69. The molecule has 4 heterocycles. The Kier molecular flexibility index (Phi) is 5.49. The van der Waals surface area contributed by atoms with Gasteiger partial charge in [-0.1, -0.05) is 23.7 Å². The average Bonchev–Trinajstić information content (AvgIpc) is 2.82. The van der Waals surface area contributed by atoms with E-state index in [-0.39, 0.29) is 22.6 Å². The quantitative estimate of drug-likeness (QED) is 0.325. The van der Waals surface area contributed by atoms with Crippen molar-refractivity contribution in [3.63, 3.8) is 0 Å². The van der Waals surface area contributed by atoms with E-state index in [1.54, 1.807) is 55.6 Å². The highest BCUT2D eigenvalue weighted by atomic mass is 35.5. The summed E-state index contributed by atoms with van der Waals surface area (Å²) in [6.07, 6.45) is -0.441. The molecule has 0 spiro atoms. The second-order valence-corrected chi connectivity index (χ2v) is 7.99. The molecule has 10 heteroatoms. The van der Waals surface area contributed by atoms with E-state index in [9.17, 15) is 13.2 Å². The second kappa shape index (κ2) is 8.49. The predicted molar refractivity (Wildman–Crippen MR) is 124 cm³/mol. The molecule has 170 valence electrons. The Hall–Kier alpha value is -3.85. The molecule has 5 aromatic rings. The first-order chi connectivity index (χ1) is 16.3. The van der Waals surface area contributed by atoms with E-state index in [1.165, 1.54) is 18.6 Å². The van der Waals surface area contributed by atoms with Gasteiger partial charge in [0.1, 0.15) is 11.8 Å². The first-order valence-corrected chi connectivity index (χ1v) is 10.6. The van der Waals surface area contributed by atoms with Crippen molar-refractivity contribution in [1.29, 1.82) is 0 Å². The maximum Gasteiger partial charge on any atom is 0.412 e. The van der Waals surface area contributed by atoms with Gasteiger partial charge in [0.25, 0.3) is 0 Å². The van der Waals surface area contributed by atoms with Crippen molar-refractivity contribution < 1.29 is 13.2 Å². The van der Waals surface area contributed by atoms with Gasteiger partial charge in [-0.25, -0.2) is 15.0 Å². The molecular formula is C24H16ClF3N6. The van der Waals surface area contributed by atoms with E-state index in [2.05, 4.69) is 30.2 Å². The van der Waals surface area contributed by atoms with E-state index in [0.717, 1.165) is 0 Å². The molecule has 1 aromatic carbocycles. The summed E-state index contributed by atoms with van der Waals surface area (Å²) in [4.78, 5) is 21.1. The van der Waals surface area contributed by atoms with Crippen molar-refractivity contribution in [2.24, 2.45) is 0 Å². The fraction of sp³-hybridized carbons (Fsp3) is 0.125. The van der Waals surface area contributed by atoms with Crippen molar-refractivity contribution in [1.82, 2.24) is 24.9 Å². The molecule has 0 bridgehead atoms. The van der Waals surface area contributed by atoms with Crippen molar-refractivity contribution in [2.45, 2.75) is 19.1 Å². The molecule has 34 heavy (non-hydrogen) atoms. The lowest BCUT2D eigenvalue weighted by atomic mass is 9.96. The fourth-order valence-electron chi connectivity index (χ4n) is 3.82. The van der Waals surface area contributed by atoms with Crippen molar-refractivity contribution in [2.75, 3.05) is 5.32 Å². The van der Waals surface area contributed by atoms with Gasteiger partial charge in [-0.15, -0.1) is 0 Å². The monoisotopic (exact) mass is 480 g/mol. The molecule has 1 atom stereocenters. The normalized spacial score (nSPS) is 12.7. The van der Waals surface area contributed by atoms with Crippen LogP contribution in [0.3, 0.4) is 0 Å². The van der Waals surface area contributed by atoms with Crippen LogP contribution < -0.4 is 5.32 Å². The van der Waals surface area contributed by atoms with Crippen LogP contribution in [0.2, 0.25) is 5.02 Å². The van der Waals surface area contributed by atoms with Gasteiger partial charge < -0.3 is 5.32 Å². The van der Waals surface area contributed by atoms with Crippen molar-refractivity contribution >= 4 is 39.4 Å². The Bertz CT molecular complexity index is 1520. The summed E-state index contributed by atoms with van der Waals surface area (Å²) >= 11 is 6.33. The minimum absolute atomic E-state index is 0.0343. The van der Waals surface area contributed by atoms with Gasteiger partial charge >= 0.3 is 6.18 Å². The van der Waals surface area contributed by atoms with Gasteiger partial charge in [-0.05, 0) is 43.3 Å². The van der Waals surface area contributed by atoms with Gasteiger partial charge in [0.2, 0.25) is 0 Å². The van der Waals surface area contributed by atoms with Crippen LogP contribution in [0, 0.1) is 6.92 Å².